The number of nitrogens with one attached hydrogen (secondary N) is 3. The summed E-state index contributed by atoms with van der Waals surface area (Å²) >= 11 is 0. The number of aromatic nitrogens is 9. The summed E-state index contributed by atoms with van der Waals surface area (Å²) in [4.78, 5) is 13.4. The first-order valence-corrected chi connectivity index (χ1v) is 9.15. The second-order valence-corrected chi connectivity index (χ2v) is 6.86. The van der Waals surface area contributed by atoms with E-state index in [0.29, 0.717) is 17.5 Å². The van der Waals surface area contributed by atoms with E-state index in [1.165, 1.54) is 0 Å². The summed E-state index contributed by atoms with van der Waals surface area (Å²) < 4.78 is 2.20. The SMILES string of the molecule is CC(C)n1cc(-c2cn[nH]n2)c2cnc(Nc3ccnc(-c4cn[nH]c4)n3)cc21. The first-order valence-electron chi connectivity index (χ1n) is 9.15. The number of hydrogen-bond donors (Lipinski definition) is 3. The van der Waals surface area contributed by atoms with Crippen LogP contribution < -0.4 is 5.32 Å². The quantitative estimate of drug-likeness (QED) is 0.423. The van der Waals surface area contributed by atoms with Crippen LogP contribution in [0.2, 0.25) is 0 Å². The van der Waals surface area contributed by atoms with Crippen molar-refractivity contribution in [3.05, 3.63) is 49.3 Å². The summed E-state index contributed by atoms with van der Waals surface area (Å²) in [6, 6.07) is 4.09. The summed E-state index contributed by atoms with van der Waals surface area (Å²) in [6.07, 6.45) is 10.8. The van der Waals surface area contributed by atoms with Crippen molar-refractivity contribution < 1.29 is 0 Å². The van der Waals surface area contributed by atoms with Gasteiger partial charge in [-0.2, -0.15) is 20.5 Å². The minimum Gasteiger partial charge on any atom is -0.344 e. The molecular formula is C19H18N10. The number of hydrogen-bond acceptors (Lipinski definition) is 7. The standard InChI is InChI=1S/C19H18N10/c1-11(2)29-10-14(15-9-24-28-27-15)13-8-21-18(5-16(13)29)25-17-3-4-20-19(26-17)12-6-22-23-7-12/h3-11H,1-2H3,(H,22,23)(H,24,27,28)(H,20,21,25,26). The first-order chi connectivity index (χ1) is 14.2. The maximum atomic E-state index is 4.58. The lowest BCUT2D eigenvalue weighted by atomic mass is 10.2. The number of anilines is 2. The van der Waals surface area contributed by atoms with Gasteiger partial charge in [-0.1, -0.05) is 0 Å². The zero-order chi connectivity index (χ0) is 19.8. The molecular weight excluding hydrogens is 368 g/mol. The van der Waals surface area contributed by atoms with Crippen LogP contribution in [0.3, 0.4) is 0 Å². The molecule has 0 aliphatic rings. The molecule has 144 valence electrons. The van der Waals surface area contributed by atoms with Gasteiger partial charge in [0.1, 0.15) is 17.3 Å². The van der Waals surface area contributed by atoms with Gasteiger partial charge in [0.05, 0.1) is 23.5 Å². The smallest absolute Gasteiger partial charge is 0.164 e. The maximum Gasteiger partial charge on any atom is 0.164 e. The lowest BCUT2D eigenvalue weighted by Gasteiger charge is -2.10. The van der Waals surface area contributed by atoms with Crippen LogP contribution in [-0.4, -0.2) is 45.1 Å². The number of aromatic amines is 2. The number of fused-ring (bicyclic) bond motifs is 1. The highest BCUT2D eigenvalue weighted by molar-refractivity contribution is 5.95. The van der Waals surface area contributed by atoms with E-state index in [-0.39, 0.29) is 6.04 Å². The van der Waals surface area contributed by atoms with Crippen molar-refractivity contribution in [3.63, 3.8) is 0 Å². The molecule has 5 heterocycles. The van der Waals surface area contributed by atoms with Crippen LogP contribution in [0.5, 0.6) is 0 Å². The van der Waals surface area contributed by atoms with Crippen molar-refractivity contribution >= 4 is 22.5 Å². The predicted molar refractivity (Wildman–Crippen MR) is 108 cm³/mol. The topological polar surface area (TPSA) is 126 Å². The van der Waals surface area contributed by atoms with E-state index in [4.69, 9.17) is 0 Å². The fourth-order valence-electron chi connectivity index (χ4n) is 3.25. The molecule has 0 saturated heterocycles. The highest BCUT2D eigenvalue weighted by Gasteiger charge is 2.15. The molecule has 0 radical (unpaired) electrons. The van der Waals surface area contributed by atoms with Crippen molar-refractivity contribution in [2.24, 2.45) is 0 Å². The fourth-order valence-corrected chi connectivity index (χ4v) is 3.25. The fraction of sp³-hybridized carbons (Fsp3) is 0.158. The second-order valence-electron chi connectivity index (χ2n) is 6.86. The van der Waals surface area contributed by atoms with E-state index >= 15 is 0 Å². The van der Waals surface area contributed by atoms with Crippen LogP contribution in [0.1, 0.15) is 19.9 Å². The molecule has 0 aliphatic carbocycles. The molecule has 10 nitrogen and oxygen atoms in total. The molecule has 0 fully saturated rings. The Morgan fingerprint density at radius 3 is 2.76 bits per heavy atom. The molecule has 0 saturated carbocycles. The third kappa shape index (κ3) is 3.10. The Balaban J connectivity index is 1.54. The van der Waals surface area contributed by atoms with Gasteiger partial charge in [0.15, 0.2) is 5.82 Å². The average molecular weight is 386 g/mol. The van der Waals surface area contributed by atoms with Crippen LogP contribution >= 0.6 is 0 Å². The highest BCUT2D eigenvalue weighted by Crippen LogP contribution is 2.32. The molecule has 5 aromatic heterocycles. The van der Waals surface area contributed by atoms with E-state index in [9.17, 15) is 0 Å². The third-order valence-corrected chi connectivity index (χ3v) is 4.63. The second kappa shape index (κ2) is 6.82. The van der Waals surface area contributed by atoms with Crippen molar-refractivity contribution in [2.75, 3.05) is 5.32 Å². The molecule has 5 rings (SSSR count). The van der Waals surface area contributed by atoms with Crippen LogP contribution in [-0.2, 0) is 0 Å². The van der Waals surface area contributed by atoms with Crippen molar-refractivity contribution in [2.45, 2.75) is 19.9 Å². The molecule has 0 atom stereocenters. The van der Waals surface area contributed by atoms with E-state index in [1.807, 2.05) is 12.3 Å². The van der Waals surface area contributed by atoms with Gasteiger partial charge in [0.25, 0.3) is 0 Å². The van der Waals surface area contributed by atoms with Gasteiger partial charge in [0, 0.05) is 47.8 Å². The van der Waals surface area contributed by atoms with Crippen LogP contribution in [0.4, 0.5) is 11.6 Å². The van der Waals surface area contributed by atoms with Crippen LogP contribution in [0.25, 0.3) is 33.5 Å². The number of pyridine rings is 1. The Morgan fingerprint density at radius 1 is 1.07 bits per heavy atom. The summed E-state index contributed by atoms with van der Waals surface area (Å²) in [5.74, 6) is 1.94. The Labute approximate surface area is 165 Å². The Bertz CT molecular complexity index is 1250. The molecule has 0 spiro atoms. The Kier molecular flexibility index (Phi) is 4.01. The van der Waals surface area contributed by atoms with Crippen LogP contribution in [0, 0.1) is 0 Å². The lowest BCUT2D eigenvalue weighted by Crippen LogP contribution is -2.01. The first kappa shape index (κ1) is 17.0. The van der Waals surface area contributed by atoms with Crippen molar-refractivity contribution in [1.82, 2.24) is 45.1 Å². The molecule has 0 unspecified atom stereocenters. The van der Waals surface area contributed by atoms with Crippen LogP contribution in [0.15, 0.2) is 49.3 Å². The van der Waals surface area contributed by atoms with Gasteiger partial charge in [-0.15, -0.1) is 0 Å². The van der Waals surface area contributed by atoms with E-state index in [0.717, 1.165) is 27.7 Å². The summed E-state index contributed by atoms with van der Waals surface area (Å²) in [5, 5.41) is 21.8. The lowest BCUT2D eigenvalue weighted by molar-refractivity contribution is 0.623. The van der Waals surface area contributed by atoms with E-state index in [2.05, 4.69) is 70.5 Å². The van der Waals surface area contributed by atoms with Gasteiger partial charge in [-0.05, 0) is 19.9 Å². The summed E-state index contributed by atoms with van der Waals surface area (Å²) in [6.45, 7) is 4.28. The summed E-state index contributed by atoms with van der Waals surface area (Å²) in [7, 11) is 0. The summed E-state index contributed by atoms with van der Waals surface area (Å²) in [5.41, 5.74) is 3.66. The third-order valence-electron chi connectivity index (χ3n) is 4.63. The normalized spacial score (nSPS) is 11.4. The largest absolute Gasteiger partial charge is 0.344 e. The molecule has 29 heavy (non-hydrogen) atoms. The van der Waals surface area contributed by atoms with E-state index < -0.39 is 0 Å². The molecule has 0 aliphatic heterocycles. The molecule has 5 aromatic rings. The molecule has 0 amide bonds. The van der Waals surface area contributed by atoms with Gasteiger partial charge in [0.2, 0.25) is 0 Å². The number of H-pyrrole nitrogens is 2. The minimum atomic E-state index is 0.278. The Morgan fingerprint density at radius 2 is 2.00 bits per heavy atom. The predicted octanol–water partition coefficient (Wildman–Crippen LogP) is 3.33. The zero-order valence-electron chi connectivity index (χ0n) is 15.8. The van der Waals surface area contributed by atoms with Gasteiger partial charge >= 0.3 is 0 Å². The average Bonchev–Trinajstić information content (AvgIpc) is 3.47. The number of nitrogens with zero attached hydrogens (tertiary/aromatic N) is 7. The minimum absolute atomic E-state index is 0.278. The monoisotopic (exact) mass is 386 g/mol. The van der Waals surface area contributed by atoms with Crippen molar-refractivity contribution in [1.29, 1.82) is 0 Å². The molecule has 3 N–H and O–H groups in total. The highest BCUT2D eigenvalue weighted by atomic mass is 15.3. The number of rotatable bonds is 5. The van der Waals surface area contributed by atoms with Gasteiger partial charge in [-0.3, -0.25) is 5.10 Å². The zero-order valence-corrected chi connectivity index (χ0v) is 15.8. The molecule has 0 bridgehead atoms. The van der Waals surface area contributed by atoms with Gasteiger partial charge < -0.3 is 9.88 Å². The van der Waals surface area contributed by atoms with Gasteiger partial charge in [-0.25, -0.2) is 15.0 Å². The molecule has 0 aromatic carbocycles. The van der Waals surface area contributed by atoms with Crippen molar-refractivity contribution in [3.8, 4) is 22.6 Å². The maximum absolute atomic E-state index is 4.58. The Hall–Kier alpha value is -4.08. The molecule has 10 heteroatoms. The van der Waals surface area contributed by atoms with E-state index in [1.54, 1.807) is 30.9 Å².